The molecule has 3 heterocycles. The van der Waals surface area contributed by atoms with Crippen LogP contribution in [0.3, 0.4) is 0 Å². The van der Waals surface area contributed by atoms with Crippen LogP contribution in [-0.2, 0) is 14.8 Å². The largest absolute Gasteiger partial charge is 0.281 e. The molecule has 0 aliphatic carbocycles. The molecule has 158 valence electrons. The van der Waals surface area contributed by atoms with Gasteiger partial charge in [-0.2, -0.15) is 0 Å². The van der Waals surface area contributed by atoms with Crippen molar-refractivity contribution in [2.75, 3.05) is 12.0 Å². The summed E-state index contributed by atoms with van der Waals surface area (Å²) in [7, 11) is -3.77. The predicted molar refractivity (Wildman–Crippen MR) is 118 cm³/mol. The number of amides is 1. The third kappa shape index (κ3) is 4.53. The molecule has 0 spiro atoms. The molecule has 0 bridgehead atoms. The molecule has 9 nitrogen and oxygen atoms in total. The zero-order chi connectivity index (χ0) is 21.8. The maximum atomic E-state index is 12.9. The van der Waals surface area contributed by atoms with Crippen LogP contribution in [0.25, 0.3) is 21.3 Å². The average Bonchev–Trinajstić information content (AvgIpc) is 3.22. The summed E-state index contributed by atoms with van der Waals surface area (Å²) in [6, 6.07) is 12.3. The molecule has 0 saturated carbocycles. The molecule has 0 radical (unpaired) electrons. The van der Waals surface area contributed by atoms with E-state index in [-0.39, 0.29) is 17.9 Å². The summed E-state index contributed by atoms with van der Waals surface area (Å²) in [6.07, 6.45) is 3.76. The van der Waals surface area contributed by atoms with Crippen molar-refractivity contribution in [1.29, 1.82) is 0 Å². The standard InChI is InChI=1S/C20H17N5O4S2/c26-17(8-10-23-31(28,29)15-7-4-9-21-11-15)24-25-13-22-19-18(20(25)27)16(12-30-19)14-5-2-1-3-6-14/h1-7,9,11-13,23H,8,10H2,(H,24,26). The van der Waals surface area contributed by atoms with Crippen molar-refractivity contribution in [3.63, 3.8) is 0 Å². The second kappa shape index (κ2) is 8.76. The summed E-state index contributed by atoms with van der Waals surface area (Å²) in [4.78, 5) is 33.8. The Balaban J connectivity index is 1.47. The number of benzene rings is 1. The topological polar surface area (TPSA) is 123 Å². The van der Waals surface area contributed by atoms with Crippen molar-refractivity contribution in [3.05, 3.63) is 76.9 Å². The van der Waals surface area contributed by atoms with E-state index < -0.39 is 21.5 Å². The van der Waals surface area contributed by atoms with Crippen molar-refractivity contribution >= 4 is 37.5 Å². The number of thiophene rings is 1. The van der Waals surface area contributed by atoms with Gasteiger partial charge in [0.2, 0.25) is 15.9 Å². The summed E-state index contributed by atoms with van der Waals surface area (Å²) in [5, 5.41) is 2.27. The lowest BCUT2D eigenvalue weighted by Crippen LogP contribution is -2.35. The minimum Gasteiger partial charge on any atom is -0.273 e. The number of aromatic nitrogens is 3. The van der Waals surface area contributed by atoms with Gasteiger partial charge in [0.1, 0.15) is 16.1 Å². The number of nitrogens with one attached hydrogen (secondary N) is 2. The first-order chi connectivity index (χ1) is 15.0. The van der Waals surface area contributed by atoms with Crippen LogP contribution in [0.5, 0.6) is 0 Å². The quantitative estimate of drug-likeness (QED) is 0.439. The fourth-order valence-corrected chi connectivity index (χ4v) is 4.82. The maximum absolute atomic E-state index is 12.9. The number of nitrogens with zero attached hydrogens (tertiary/aromatic N) is 3. The monoisotopic (exact) mass is 455 g/mol. The zero-order valence-electron chi connectivity index (χ0n) is 16.1. The van der Waals surface area contributed by atoms with E-state index in [1.807, 2.05) is 35.7 Å². The van der Waals surface area contributed by atoms with E-state index in [2.05, 4.69) is 20.1 Å². The third-order valence-electron chi connectivity index (χ3n) is 4.41. The third-order valence-corrected chi connectivity index (χ3v) is 6.75. The number of hydrogen-bond donors (Lipinski definition) is 2. The minimum absolute atomic E-state index is 0.00665. The van der Waals surface area contributed by atoms with Crippen LogP contribution in [-0.4, -0.2) is 35.5 Å². The first-order valence-corrected chi connectivity index (χ1v) is 11.6. The van der Waals surface area contributed by atoms with E-state index in [0.29, 0.717) is 10.2 Å². The van der Waals surface area contributed by atoms with Crippen LogP contribution in [0.1, 0.15) is 6.42 Å². The van der Waals surface area contributed by atoms with Gasteiger partial charge in [0.25, 0.3) is 5.56 Å². The van der Waals surface area contributed by atoms with Crippen LogP contribution in [0.2, 0.25) is 0 Å². The van der Waals surface area contributed by atoms with Crippen LogP contribution >= 0.6 is 11.3 Å². The first-order valence-electron chi connectivity index (χ1n) is 9.19. The first kappa shape index (κ1) is 20.8. The Morgan fingerprint density at radius 1 is 1.13 bits per heavy atom. The number of sulfonamides is 1. The number of carbonyl (C=O) groups excluding carboxylic acids is 1. The Bertz CT molecular complexity index is 1380. The second-order valence-electron chi connectivity index (χ2n) is 6.49. The van der Waals surface area contributed by atoms with Gasteiger partial charge in [-0.3, -0.25) is 20.0 Å². The van der Waals surface area contributed by atoms with E-state index in [0.717, 1.165) is 15.8 Å². The number of pyridine rings is 1. The molecule has 0 aliphatic rings. The summed E-state index contributed by atoms with van der Waals surface area (Å²) >= 11 is 1.35. The van der Waals surface area contributed by atoms with Gasteiger partial charge < -0.3 is 0 Å². The molecule has 3 aromatic heterocycles. The summed E-state index contributed by atoms with van der Waals surface area (Å²) in [5.41, 5.74) is 3.67. The molecule has 2 N–H and O–H groups in total. The van der Waals surface area contributed by atoms with Crippen LogP contribution in [0.15, 0.2) is 76.3 Å². The van der Waals surface area contributed by atoms with E-state index in [4.69, 9.17) is 0 Å². The Hall–Kier alpha value is -3.41. The molecular formula is C20H17N5O4S2. The van der Waals surface area contributed by atoms with Crippen LogP contribution < -0.4 is 15.7 Å². The summed E-state index contributed by atoms with van der Waals surface area (Å²) in [6.45, 7) is -0.138. The molecule has 4 rings (SSSR count). The smallest absolute Gasteiger partial charge is 0.273 e. The highest BCUT2D eigenvalue weighted by atomic mass is 32.2. The van der Waals surface area contributed by atoms with Crippen molar-refractivity contribution < 1.29 is 13.2 Å². The molecule has 1 amide bonds. The summed E-state index contributed by atoms with van der Waals surface area (Å²) < 4.78 is 27.7. The normalized spacial score (nSPS) is 11.5. The minimum atomic E-state index is -3.77. The van der Waals surface area contributed by atoms with Crippen molar-refractivity contribution in [3.8, 4) is 11.1 Å². The molecule has 1 aromatic carbocycles. The second-order valence-corrected chi connectivity index (χ2v) is 9.11. The van der Waals surface area contributed by atoms with E-state index in [9.17, 15) is 18.0 Å². The van der Waals surface area contributed by atoms with Gasteiger partial charge in [-0.05, 0) is 17.7 Å². The van der Waals surface area contributed by atoms with E-state index >= 15 is 0 Å². The Morgan fingerprint density at radius 3 is 2.68 bits per heavy atom. The molecule has 0 unspecified atom stereocenters. The highest BCUT2D eigenvalue weighted by Gasteiger charge is 2.16. The molecule has 0 saturated heterocycles. The fourth-order valence-electron chi connectivity index (χ4n) is 2.92. The molecule has 31 heavy (non-hydrogen) atoms. The molecule has 11 heteroatoms. The number of fused-ring (bicyclic) bond motifs is 1. The van der Waals surface area contributed by atoms with Gasteiger partial charge in [0.15, 0.2) is 0 Å². The molecule has 4 aromatic rings. The van der Waals surface area contributed by atoms with Crippen molar-refractivity contribution in [2.24, 2.45) is 0 Å². The number of hydrogen-bond acceptors (Lipinski definition) is 7. The Kier molecular flexibility index (Phi) is 5.89. The lowest BCUT2D eigenvalue weighted by Gasteiger charge is -2.09. The van der Waals surface area contributed by atoms with Gasteiger partial charge in [-0.25, -0.2) is 22.8 Å². The lowest BCUT2D eigenvalue weighted by atomic mass is 10.1. The fraction of sp³-hybridized carbons (Fsp3) is 0.100. The van der Waals surface area contributed by atoms with Gasteiger partial charge in [0, 0.05) is 36.3 Å². The van der Waals surface area contributed by atoms with Gasteiger partial charge in [-0.15, -0.1) is 11.3 Å². The zero-order valence-corrected chi connectivity index (χ0v) is 17.7. The Morgan fingerprint density at radius 2 is 1.94 bits per heavy atom. The number of rotatable bonds is 7. The maximum Gasteiger partial charge on any atom is 0.281 e. The number of carbonyl (C=O) groups is 1. The van der Waals surface area contributed by atoms with Gasteiger partial charge in [0.05, 0.1) is 5.39 Å². The van der Waals surface area contributed by atoms with Crippen LogP contribution in [0, 0.1) is 0 Å². The van der Waals surface area contributed by atoms with Crippen LogP contribution in [0.4, 0.5) is 0 Å². The molecule has 0 fully saturated rings. The van der Waals surface area contributed by atoms with Gasteiger partial charge >= 0.3 is 0 Å². The molecule has 0 aliphatic heterocycles. The Labute approximate surface area is 181 Å². The van der Waals surface area contributed by atoms with Crippen molar-refractivity contribution in [2.45, 2.75) is 11.3 Å². The average molecular weight is 456 g/mol. The van der Waals surface area contributed by atoms with Gasteiger partial charge in [-0.1, -0.05) is 30.3 Å². The molecule has 0 atom stereocenters. The van der Waals surface area contributed by atoms with Crippen molar-refractivity contribution in [1.82, 2.24) is 19.4 Å². The highest BCUT2D eigenvalue weighted by molar-refractivity contribution is 7.89. The van der Waals surface area contributed by atoms with E-state index in [1.165, 1.54) is 42.2 Å². The SMILES string of the molecule is O=C(CCNS(=O)(=O)c1cccnc1)Nn1cnc2scc(-c3ccccc3)c2c1=O. The summed E-state index contributed by atoms with van der Waals surface area (Å²) in [5.74, 6) is -0.534. The van der Waals surface area contributed by atoms with E-state index in [1.54, 1.807) is 0 Å². The molecular weight excluding hydrogens is 438 g/mol. The highest BCUT2D eigenvalue weighted by Crippen LogP contribution is 2.30. The predicted octanol–water partition coefficient (Wildman–Crippen LogP) is 1.96. The lowest BCUT2D eigenvalue weighted by molar-refractivity contribution is -0.117.